The lowest BCUT2D eigenvalue weighted by molar-refractivity contribution is 0.641. The molecule has 0 fully saturated rings. The summed E-state index contributed by atoms with van der Waals surface area (Å²) in [4.78, 5) is 9.07. The Morgan fingerprint density at radius 1 is 1.22 bits per heavy atom. The van der Waals surface area contributed by atoms with Crippen LogP contribution >= 0.6 is 0 Å². The van der Waals surface area contributed by atoms with Crippen LogP contribution in [0, 0.1) is 13.8 Å². The van der Waals surface area contributed by atoms with Crippen molar-refractivity contribution in [3.05, 3.63) is 47.3 Å². The smallest absolute Gasteiger partial charge is 0.159 e. The summed E-state index contributed by atoms with van der Waals surface area (Å²) in [5, 5.41) is 3.21. The van der Waals surface area contributed by atoms with Crippen LogP contribution in [0.1, 0.15) is 29.8 Å². The fourth-order valence-corrected chi connectivity index (χ4v) is 1.98. The molecule has 0 spiro atoms. The average Bonchev–Trinajstić information content (AvgIpc) is 2.37. The van der Waals surface area contributed by atoms with Gasteiger partial charge in [0.2, 0.25) is 0 Å². The quantitative estimate of drug-likeness (QED) is 0.897. The molecule has 18 heavy (non-hydrogen) atoms. The van der Waals surface area contributed by atoms with Crippen molar-refractivity contribution < 1.29 is 0 Å². The van der Waals surface area contributed by atoms with E-state index in [4.69, 9.17) is 0 Å². The second-order valence-electron chi connectivity index (χ2n) is 4.61. The first kappa shape index (κ1) is 12.7. The van der Waals surface area contributed by atoms with Crippen LogP contribution in [-0.2, 0) is 0 Å². The van der Waals surface area contributed by atoms with Crippen LogP contribution in [0.2, 0.25) is 0 Å². The summed E-state index contributed by atoms with van der Waals surface area (Å²) in [5.74, 6) is 0.795. The molecule has 0 amide bonds. The summed E-state index contributed by atoms with van der Waals surface area (Å²) in [6, 6.07) is 8.54. The van der Waals surface area contributed by atoms with Gasteiger partial charge in [-0.15, -0.1) is 0 Å². The molecule has 1 aromatic heterocycles. The molecule has 0 aliphatic rings. The number of aromatic nitrogens is 2. The van der Waals surface area contributed by atoms with Crippen molar-refractivity contribution >= 4 is 0 Å². The second kappa shape index (κ2) is 5.27. The van der Waals surface area contributed by atoms with Crippen LogP contribution in [0.25, 0.3) is 11.4 Å². The van der Waals surface area contributed by atoms with Gasteiger partial charge in [-0.05, 0) is 33.9 Å². The Labute approximate surface area is 108 Å². The summed E-state index contributed by atoms with van der Waals surface area (Å²) in [5.41, 5.74) is 4.47. The van der Waals surface area contributed by atoms with Crippen molar-refractivity contribution in [2.24, 2.45) is 0 Å². The van der Waals surface area contributed by atoms with Crippen LogP contribution in [0.4, 0.5) is 0 Å². The lowest BCUT2D eigenvalue weighted by atomic mass is 10.1. The molecule has 1 N–H and O–H groups in total. The molecule has 0 saturated carbocycles. The zero-order chi connectivity index (χ0) is 13.1. The third kappa shape index (κ3) is 2.57. The molecule has 1 unspecified atom stereocenters. The van der Waals surface area contributed by atoms with E-state index < -0.39 is 0 Å². The van der Waals surface area contributed by atoms with Crippen molar-refractivity contribution in [3.8, 4) is 11.4 Å². The largest absolute Gasteiger partial charge is 0.313 e. The van der Waals surface area contributed by atoms with E-state index in [1.165, 1.54) is 5.56 Å². The summed E-state index contributed by atoms with van der Waals surface area (Å²) in [6.07, 6.45) is 1.92. The van der Waals surface area contributed by atoms with Crippen LogP contribution in [0.15, 0.2) is 30.5 Å². The zero-order valence-corrected chi connectivity index (χ0v) is 11.4. The molecule has 1 aromatic carbocycles. The lowest BCUT2D eigenvalue weighted by Crippen LogP contribution is -2.14. The van der Waals surface area contributed by atoms with Gasteiger partial charge in [0.05, 0.1) is 0 Å². The van der Waals surface area contributed by atoms with Crippen molar-refractivity contribution in [1.29, 1.82) is 0 Å². The van der Waals surface area contributed by atoms with Gasteiger partial charge < -0.3 is 5.32 Å². The summed E-state index contributed by atoms with van der Waals surface area (Å²) in [6.45, 7) is 6.22. The van der Waals surface area contributed by atoms with Gasteiger partial charge in [-0.25, -0.2) is 9.97 Å². The Morgan fingerprint density at radius 3 is 2.61 bits per heavy atom. The highest BCUT2D eigenvalue weighted by atomic mass is 14.9. The van der Waals surface area contributed by atoms with E-state index in [9.17, 15) is 0 Å². The maximum Gasteiger partial charge on any atom is 0.159 e. The van der Waals surface area contributed by atoms with Gasteiger partial charge in [0.25, 0.3) is 0 Å². The predicted molar refractivity (Wildman–Crippen MR) is 74.4 cm³/mol. The summed E-state index contributed by atoms with van der Waals surface area (Å²) < 4.78 is 0. The van der Waals surface area contributed by atoms with E-state index in [-0.39, 0.29) is 6.04 Å². The standard InChI is InChI=1S/C15H19N3/c1-10-6-5-7-13(8-10)15-17-9-14(11(2)16-4)12(3)18-15/h5-9,11,16H,1-4H3. The summed E-state index contributed by atoms with van der Waals surface area (Å²) in [7, 11) is 1.94. The molecule has 2 aromatic rings. The van der Waals surface area contributed by atoms with E-state index in [1.54, 1.807) is 0 Å². The Kier molecular flexibility index (Phi) is 3.72. The minimum absolute atomic E-state index is 0.275. The van der Waals surface area contributed by atoms with Gasteiger partial charge in [-0.1, -0.05) is 23.8 Å². The molecule has 1 atom stereocenters. The SMILES string of the molecule is CNC(C)c1cnc(-c2cccc(C)c2)nc1C. The molecule has 0 aliphatic carbocycles. The lowest BCUT2D eigenvalue weighted by Gasteiger charge is -2.13. The van der Waals surface area contributed by atoms with E-state index in [2.05, 4.69) is 41.3 Å². The predicted octanol–water partition coefficient (Wildman–Crippen LogP) is 3.04. The molecule has 0 bridgehead atoms. The van der Waals surface area contributed by atoms with Crippen LogP contribution < -0.4 is 5.32 Å². The third-order valence-corrected chi connectivity index (χ3v) is 3.19. The minimum Gasteiger partial charge on any atom is -0.313 e. The van der Waals surface area contributed by atoms with Gasteiger partial charge in [0.1, 0.15) is 0 Å². The highest BCUT2D eigenvalue weighted by molar-refractivity contribution is 5.56. The van der Waals surface area contributed by atoms with Crippen LogP contribution in [0.3, 0.4) is 0 Å². The monoisotopic (exact) mass is 241 g/mol. The fraction of sp³-hybridized carbons (Fsp3) is 0.333. The maximum absolute atomic E-state index is 4.60. The number of hydrogen-bond acceptors (Lipinski definition) is 3. The highest BCUT2D eigenvalue weighted by Gasteiger charge is 2.10. The molecule has 0 saturated heterocycles. The molecular formula is C15H19N3. The van der Waals surface area contributed by atoms with Gasteiger partial charge >= 0.3 is 0 Å². The number of hydrogen-bond donors (Lipinski definition) is 1. The van der Waals surface area contributed by atoms with E-state index in [0.29, 0.717) is 0 Å². The van der Waals surface area contributed by atoms with Crippen molar-refractivity contribution in [1.82, 2.24) is 15.3 Å². The number of aryl methyl sites for hydroxylation is 2. The zero-order valence-electron chi connectivity index (χ0n) is 11.4. The number of benzene rings is 1. The van der Waals surface area contributed by atoms with E-state index in [0.717, 1.165) is 22.6 Å². The second-order valence-corrected chi connectivity index (χ2v) is 4.61. The molecule has 1 heterocycles. The van der Waals surface area contributed by atoms with Gasteiger partial charge in [0, 0.05) is 29.1 Å². The molecule has 94 valence electrons. The first-order valence-electron chi connectivity index (χ1n) is 6.19. The Bertz CT molecular complexity index is 549. The molecule has 3 heteroatoms. The minimum atomic E-state index is 0.275. The van der Waals surface area contributed by atoms with E-state index in [1.807, 2.05) is 32.3 Å². The average molecular weight is 241 g/mol. The third-order valence-electron chi connectivity index (χ3n) is 3.19. The van der Waals surface area contributed by atoms with Crippen molar-refractivity contribution in [2.45, 2.75) is 26.8 Å². The summed E-state index contributed by atoms with van der Waals surface area (Å²) >= 11 is 0. The molecule has 0 radical (unpaired) electrons. The first-order chi connectivity index (χ1) is 8.61. The molecular weight excluding hydrogens is 222 g/mol. The molecule has 0 aliphatic heterocycles. The Morgan fingerprint density at radius 2 is 2.00 bits per heavy atom. The first-order valence-corrected chi connectivity index (χ1v) is 6.19. The Hall–Kier alpha value is -1.74. The van der Waals surface area contributed by atoms with Crippen LogP contribution in [-0.4, -0.2) is 17.0 Å². The van der Waals surface area contributed by atoms with Gasteiger partial charge in [-0.3, -0.25) is 0 Å². The highest BCUT2D eigenvalue weighted by Crippen LogP contribution is 2.20. The number of rotatable bonds is 3. The maximum atomic E-state index is 4.60. The van der Waals surface area contributed by atoms with E-state index >= 15 is 0 Å². The van der Waals surface area contributed by atoms with Crippen molar-refractivity contribution in [3.63, 3.8) is 0 Å². The molecule has 3 nitrogen and oxygen atoms in total. The van der Waals surface area contributed by atoms with Gasteiger partial charge in [0.15, 0.2) is 5.82 Å². The van der Waals surface area contributed by atoms with Crippen molar-refractivity contribution in [2.75, 3.05) is 7.05 Å². The normalized spacial score (nSPS) is 12.4. The topological polar surface area (TPSA) is 37.8 Å². The fourth-order valence-electron chi connectivity index (χ4n) is 1.98. The van der Waals surface area contributed by atoms with Crippen LogP contribution in [0.5, 0.6) is 0 Å². The van der Waals surface area contributed by atoms with Gasteiger partial charge in [-0.2, -0.15) is 0 Å². The Balaban J connectivity index is 2.40. The number of nitrogens with one attached hydrogen (secondary N) is 1. The molecule has 2 rings (SSSR count). The number of nitrogens with zero attached hydrogens (tertiary/aromatic N) is 2.